The molecule has 0 atom stereocenters. The molecule has 0 fully saturated rings. The van der Waals surface area contributed by atoms with Crippen LogP contribution in [0.2, 0.25) is 0 Å². The molecule has 1 N–H and O–H groups in total. The Hall–Kier alpha value is -0.390. The quantitative estimate of drug-likeness (QED) is 0.929. The number of hydrogen-bond acceptors (Lipinski definition) is 2. The molecule has 3 nitrogen and oxygen atoms in total. The van der Waals surface area contributed by atoms with Crippen molar-refractivity contribution in [2.45, 2.75) is 32.6 Å². The average Bonchev–Trinajstić information content (AvgIpc) is 2.07. The second-order valence-electron chi connectivity index (χ2n) is 4.13. The first kappa shape index (κ1) is 13.7. The van der Waals surface area contributed by atoms with Crippen LogP contribution in [0.4, 0.5) is 0 Å². The van der Waals surface area contributed by atoms with Crippen molar-refractivity contribution in [1.29, 1.82) is 0 Å². The molecule has 1 aromatic carbocycles. The summed E-state index contributed by atoms with van der Waals surface area (Å²) in [6.45, 7) is 5.58. The van der Waals surface area contributed by atoms with E-state index in [0.29, 0.717) is 0 Å². The lowest BCUT2D eigenvalue weighted by Crippen LogP contribution is -2.31. The Bertz CT molecular complexity index is 469. The topological polar surface area (TPSA) is 46.2 Å². The maximum absolute atomic E-state index is 11.7. The molecule has 0 aromatic heterocycles. The number of rotatable bonds is 4. The molecular weight excluding hydrogens is 290 g/mol. The van der Waals surface area contributed by atoms with Gasteiger partial charge in [0, 0.05) is 10.5 Å². The van der Waals surface area contributed by atoms with Crippen LogP contribution in [-0.4, -0.2) is 14.5 Å². The van der Waals surface area contributed by atoms with E-state index in [-0.39, 0.29) is 11.8 Å². The van der Waals surface area contributed by atoms with Gasteiger partial charge >= 0.3 is 0 Å². The van der Waals surface area contributed by atoms with Crippen molar-refractivity contribution in [1.82, 2.24) is 4.72 Å². The molecule has 1 rings (SSSR count). The molecule has 1 aromatic rings. The summed E-state index contributed by atoms with van der Waals surface area (Å²) < 4.78 is 26.8. The molecule has 0 heterocycles. The smallest absolute Gasteiger partial charge is 0.212 e. The highest BCUT2D eigenvalue weighted by Gasteiger charge is 2.14. The van der Waals surface area contributed by atoms with Gasteiger partial charge in [0.25, 0.3) is 0 Å². The summed E-state index contributed by atoms with van der Waals surface area (Å²) in [7, 11) is -3.25. The first-order valence-corrected chi connectivity index (χ1v) is 7.50. The van der Waals surface area contributed by atoms with Gasteiger partial charge < -0.3 is 0 Å². The van der Waals surface area contributed by atoms with Gasteiger partial charge in [-0.05, 0) is 38.0 Å². The molecule has 0 radical (unpaired) electrons. The lowest BCUT2D eigenvalue weighted by Gasteiger charge is -2.10. The maximum Gasteiger partial charge on any atom is 0.216 e. The van der Waals surface area contributed by atoms with Crippen molar-refractivity contribution in [2.24, 2.45) is 0 Å². The third-order valence-electron chi connectivity index (χ3n) is 1.97. The molecule has 0 amide bonds. The molecule has 0 spiro atoms. The van der Waals surface area contributed by atoms with Crippen LogP contribution in [0.15, 0.2) is 22.7 Å². The third-order valence-corrected chi connectivity index (χ3v) is 4.23. The highest BCUT2D eigenvalue weighted by Crippen LogP contribution is 2.20. The SMILES string of the molecule is Cc1ccc(CS(=O)(=O)NC(C)C)c(Br)c1. The van der Waals surface area contributed by atoms with E-state index in [0.717, 1.165) is 15.6 Å². The van der Waals surface area contributed by atoms with Crippen molar-refractivity contribution in [2.75, 3.05) is 0 Å². The zero-order valence-electron chi connectivity index (χ0n) is 9.62. The Morgan fingerprint density at radius 1 is 1.38 bits per heavy atom. The van der Waals surface area contributed by atoms with Gasteiger partial charge in [-0.15, -0.1) is 0 Å². The van der Waals surface area contributed by atoms with E-state index < -0.39 is 10.0 Å². The predicted molar refractivity (Wildman–Crippen MR) is 69.8 cm³/mol. The summed E-state index contributed by atoms with van der Waals surface area (Å²) in [6, 6.07) is 5.58. The molecule has 0 aliphatic carbocycles. The zero-order valence-corrected chi connectivity index (χ0v) is 12.0. The van der Waals surface area contributed by atoms with Crippen molar-refractivity contribution >= 4 is 26.0 Å². The van der Waals surface area contributed by atoms with Gasteiger partial charge in [0.05, 0.1) is 5.75 Å². The Kier molecular flexibility index (Phi) is 4.52. The highest BCUT2D eigenvalue weighted by molar-refractivity contribution is 9.10. The standard InChI is InChI=1S/C11H16BrNO2S/c1-8(2)13-16(14,15)7-10-5-4-9(3)6-11(10)12/h4-6,8,13H,7H2,1-3H3. The van der Waals surface area contributed by atoms with Crippen molar-refractivity contribution in [3.8, 4) is 0 Å². The Morgan fingerprint density at radius 3 is 2.50 bits per heavy atom. The second kappa shape index (κ2) is 5.29. The minimum Gasteiger partial charge on any atom is -0.212 e. The maximum atomic E-state index is 11.7. The van der Waals surface area contributed by atoms with Gasteiger partial charge in [-0.3, -0.25) is 0 Å². The van der Waals surface area contributed by atoms with Crippen LogP contribution in [-0.2, 0) is 15.8 Å². The molecular formula is C11H16BrNO2S. The zero-order chi connectivity index (χ0) is 12.3. The molecule has 0 saturated heterocycles. The van der Waals surface area contributed by atoms with Gasteiger partial charge in [-0.25, -0.2) is 13.1 Å². The highest BCUT2D eigenvalue weighted by atomic mass is 79.9. The molecule has 0 unspecified atom stereocenters. The van der Waals surface area contributed by atoms with Crippen LogP contribution in [0.25, 0.3) is 0 Å². The minimum absolute atomic E-state index is 0.00600. The van der Waals surface area contributed by atoms with E-state index in [1.807, 2.05) is 39.0 Å². The van der Waals surface area contributed by atoms with Crippen LogP contribution in [0.5, 0.6) is 0 Å². The first-order valence-electron chi connectivity index (χ1n) is 5.05. The summed E-state index contributed by atoms with van der Waals surface area (Å²) in [5, 5.41) is 0. The summed E-state index contributed by atoms with van der Waals surface area (Å²) in [6.07, 6.45) is 0. The first-order chi connectivity index (χ1) is 7.30. The lowest BCUT2D eigenvalue weighted by atomic mass is 10.2. The van der Waals surface area contributed by atoms with Gasteiger partial charge in [-0.2, -0.15) is 0 Å². The fourth-order valence-electron chi connectivity index (χ4n) is 1.37. The van der Waals surface area contributed by atoms with Gasteiger partial charge in [0.2, 0.25) is 10.0 Å². The molecule has 16 heavy (non-hydrogen) atoms. The summed E-state index contributed by atoms with van der Waals surface area (Å²) in [5.41, 5.74) is 1.88. The van der Waals surface area contributed by atoms with Crippen molar-refractivity contribution in [3.63, 3.8) is 0 Å². The van der Waals surface area contributed by atoms with E-state index in [1.54, 1.807) is 0 Å². The van der Waals surface area contributed by atoms with Crippen LogP contribution in [0.3, 0.4) is 0 Å². The number of hydrogen-bond donors (Lipinski definition) is 1. The van der Waals surface area contributed by atoms with Crippen molar-refractivity contribution in [3.05, 3.63) is 33.8 Å². The van der Waals surface area contributed by atoms with E-state index in [9.17, 15) is 8.42 Å². The Morgan fingerprint density at radius 2 is 2.00 bits per heavy atom. The van der Waals surface area contributed by atoms with Crippen LogP contribution >= 0.6 is 15.9 Å². The number of benzene rings is 1. The van der Waals surface area contributed by atoms with E-state index >= 15 is 0 Å². The van der Waals surface area contributed by atoms with Crippen LogP contribution in [0, 0.1) is 6.92 Å². The van der Waals surface area contributed by atoms with E-state index in [4.69, 9.17) is 0 Å². The fourth-order valence-corrected chi connectivity index (χ4v) is 3.66. The van der Waals surface area contributed by atoms with E-state index in [1.165, 1.54) is 0 Å². The number of nitrogens with one attached hydrogen (secondary N) is 1. The van der Waals surface area contributed by atoms with Gasteiger partial charge in [0.1, 0.15) is 0 Å². The number of aryl methyl sites for hydroxylation is 1. The Labute approximate surface area is 105 Å². The largest absolute Gasteiger partial charge is 0.216 e. The summed E-state index contributed by atoms with van der Waals surface area (Å²) in [5.74, 6) is 0.00600. The number of halogens is 1. The molecule has 90 valence electrons. The number of sulfonamides is 1. The van der Waals surface area contributed by atoms with Gasteiger partial charge in [-0.1, -0.05) is 28.1 Å². The molecule has 0 saturated carbocycles. The monoisotopic (exact) mass is 305 g/mol. The predicted octanol–water partition coefficient (Wildman–Crippen LogP) is 2.59. The second-order valence-corrected chi connectivity index (χ2v) is 6.73. The summed E-state index contributed by atoms with van der Waals surface area (Å²) in [4.78, 5) is 0. The molecule has 0 aliphatic rings. The van der Waals surface area contributed by atoms with Crippen LogP contribution < -0.4 is 4.72 Å². The third kappa shape index (κ3) is 4.23. The minimum atomic E-state index is -3.25. The summed E-state index contributed by atoms with van der Waals surface area (Å²) >= 11 is 3.37. The fraction of sp³-hybridized carbons (Fsp3) is 0.455. The molecule has 0 aliphatic heterocycles. The molecule has 0 bridgehead atoms. The van der Waals surface area contributed by atoms with Crippen LogP contribution in [0.1, 0.15) is 25.0 Å². The van der Waals surface area contributed by atoms with Crippen molar-refractivity contribution < 1.29 is 8.42 Å². The molecule has 5 heteroatoms. The average molecular weight is 306 g/mol. The normalized spacial score (nSPS) is 12.1. The van der Waals surface area contributed by atoms with E-state index in [2.05, 4.69) is 20.7 Å². The Balaban J connectivity index is 2.88. The lowest BCUT2D eigenvalue weighted by molar-refractivity contribution is 0.569. The van der Waals surface area contributed by atoms with Gasteiger partial charge in [0.15, 0.2) is 0 Å².